The third-order valence-electron chi connectivity index (χ3n) is 5.51. The first kappa shape index (κ1) is 21.4. The summed E-state index contributed by atoms with van der Waals surface area (Å²) in [5.41, 5.74) is 0.690. The molecule has 5 rings (SSSR count). The van der Waals surface area contributed by atoms with Gasteiger partial charge in [-0.2, -0.15) is 13.2 Å². The van der Waals surface area contributed by atoms with E-state index < -0.39 is 16.8 Å². The molecule has 0 spiro atoms. The van der Waals surface area contributed by atoms with E-state index in [0.29, 0.717) is 29.8 Å². The highest BCUT2D eigenvalue weighted by Gasteiger charge is 2.34. The fourth-order valence-corrected chi connectivity index (χ4v) is 4.26. The molecule has 3 aromatic heterocycles. The van der Waals surface area contributed by atoms with Crippen molar-refractivity contribution in [3.05, 3.63) is 69.2 Å². The molecule has 0 aliphatic carbocycles. The molecule has 3 heterocycles. The zero-order valence-electron chi connectivity index (χ0n) is 17.6. The second-order valence-corrected chi connectivity index (χ2v) is 8.10. The van der Waals surface area contributed by atoms with Crippen molar-refractivity contribution >= 4 is 44.8 Å². The third kappa shape index (κ3) is 3.34. The average Bonchev–Trinajstić information content (AvgIpc) is 3.07. The van der Waals surface area contributed by atoms with Gasteiger partial charge in [0, 0.05) is 12.2 Å². The molecular weight excluding hydrogens is 455 g/mol. The van der Waals surface area contributed by atoms with E-state index in [9.17, 15) is 18.0 Å². The highest BCUT2D eigenvalue weighted by atomic mass is 35.5. The lowest BCUT2D eigenvalue weighted by Crippen LogP contribution is -2.24. The van der Waals surface area contributed by atoms with E-state index in [-0.39, 0.29) is 33.4 Å². The molecule has 0 aliphatic rings. The molecule has 0 saturated heterocycles. The minimum absolute atomic E-state index is 0.135. The molecule has 168 valence electrons. The van der Waals surface area contributed by atoms with Gasteiger partial charge in [-0.3, -0.25) is 13.9 Å². The van der Waals surface area contributed by atoms with Crippen LogP contribution in [-0.4, -0.2) is 24.1 Å². The molecule has 0 fully saturated rings. The van der Waals surface area contributed by atoms with Crippen LogP contribution in [0.1, 0.15) is 24.7 Å². The zero-order chi connectivity index (χ0) is 23.5. The summed E-state index contributed by atoms with van der Waals surface area (Å²) in [7, 11) is 0. The van der Waals surface area contributed by atoms with Crippen LogP contribution in [0.4, 0.5) is 13.2 Å². The molecule has 0 saturated carbocycles. The van der Waals surface area contributed by atoms with E-state index in [1.54, 1.807) is 35.8 Å². The third-order valence-corrected chi connectivity index (χ3v) is 5.84. The highest BCUT2D eigenvalue weighted by molar-refractivity contribution is 6.31. The number of fused-ring (bicyclic) bond motifs is 4. The summed E-state index contributed by atoms with van der Waals surface area (Å²) in [5, 5.41) is -0.205. The van der Waals surface area contributed by atoms with Gasteiger partial charge < -0.3 is 0 Å². The molecule has 0 amide bonds. The maximum atomic E-state index is 13.6. The van der Waals surface area contributed by atoms with Crippen LogP contribution in [0, 0.1) is 6.92 Å². The number of aryl methyl sites for hydroxylation is 1. The van der Waals surface area contributed by atoms with Gasteiger partial charge in [-0.25, -0.2) is 15.0 Å². The molecule has 0 N–H and O–H groups in total. The average molecular weight is 472 g/mol. The number of aromatic nitrogens is 5. The molecular formula is C23H17ClF3N5O. The maximum Gasteiger partial charge on any atom is 0.417 e. The Morgan fingerprint density at radius 3 is 2.36 bits per heavy atom. The van der Waals surface area contributed by atoms with Crippen molar-refractivity contribution in [2.24, 2.45) is 0 Å². The van der Waals surface area contributed by atoms with E-state index >= 15 is 0 Å². The van der Waals surface area contributed by atoms with Gasteiger partial charge in [0.2, 0.25) is 0 Å². The van der Waals surface area contributed by atoms with Crippen LogP contribution in [0.25, 0.3) is 38.9 Å². The lowest BCUT2D eigenvalue weighted by Gasteiger charge is -2.13. The quantitative estimate of drug-likeness (QED) is 0.340. The molecule has 6 nitrogen and oxygen atoms in total. The monoisotopic (exact) mass is 471 g/mol. The second-order valence-electron chi connectivity index (χ2n) is 7.70. The van der Waals surface area contributed by atoms with E-state index in [1.807, 2.05) is 6.92 Å². The molecule has 0 unspecified atom stereocenters. The normalized spacial score (nSPS) is 12.3. The minimum atomic E-state index is -4.65. The van der Waals surface area contributed by atoms with Crippen molar-refractivity contribution in [2.45, 2.75) is 33.0 Å². The second kappa shape index (κ2) is 7.55. The van der Waals surface area contributed by atoms with Gasteiger partial charge >= 0.3 is 6.18 Å². The van der Waals surface area contributed by atoms with E-state index in [0.717, 1.165) is 6.07 Å². The zero-order valence-corrected chi connectivity index (χ0v) is 18.4. The SMILES string of the molecule is CCCn1c(C)nc2c(c1=O)c1nc3ccccc3nc1n2-c1ccc(Cl)c(C(F)(F)F)c1. The van der Waals surface area contributed by atoms with Gasteiger partial charge in [-0.05, 0) is 43.7 Å². The van der Waals surface area contributed by atoms with Crippen molar-refractivity contribution < 1.29 is 13.2 Å². The number of hydrogen-bond acceptors (Lipinski definition) is 4. The molecule has 0 radical (unpaired) electrons. The number of alkyl halides is 3. The van der Waals surface area contributed by atoms with Crippen LogP contribution in [0.15, 0.2) is 47.3 Å². The van der Waals surface area contributed by atoms with Crippen molar-refractivity contribution in [2.75, 3.05) is 0 Å². The largest absolute Gasteiger partial charge is 0.417 e. The van der Waals surface area contributed by atoms with Gasteiger partial charge in [0.1, 0.15) is 16.7 Å². The van der Waals surface area contributed by atoms with E-state index in [1.165, 1.54) is 16.7 Å². The lowest BCUT2D eigenvalue weighted by atomic mass is 10.2. The maximum absolute atomic E-state index is 13.6. The predicted molar refractivity (Wildman–Crippen MR) is 121 cm³/mol. The Morgan fingerprint density at radius 1 is 1.00 bits per heavy atom. The van der Waals surface area contributed by atoms with Crippen LogP contribution >= 0.6 is 11.6 Å². The minimum Gasteiger partial charge on any atom is -0.296 e. The molecule has 5 aromatic rings. The molecule has 0 bridgehead atoms. The van der Waals surface area contributed by atoms with Gasteiger partial charge in [0.15, 0.2) is 11.3 Å². The smallest absolute Gasteiger partial charge is 0.296 e. The first-order valence-electron chi connectivity index (χ1n) is 10.3. The van der Waals surface area contributed by atoms with Crippen LogP contribution in [0.5, 0.6) is 0 Å². The first-order valence-corrected chi connectivity index (χ1v) is 10.6. The number of halogens is 4. The Hall–Kier alpha value is -3.46. The summed E-state index contributed by atoms with van der Waals surface area (Å²) in [5.74, 6) is 0.452. The van der Waals surface area contributed by atoms with Crippen LogP contribution in [0.2, 0.25) is 5.02 Å². The van der Waals surface area contributed by atoms with Gasteiger partial charge in [0.25, 0.3) is 5.56 Å². The van der Waals surface area contributed by atoms with E-state index in [4.69, 9.17) is 11.6 Å². The summed E-state index contributed by atoms with van der Waals surface area (Å²) < 4.78 is 43.7. The highest BCUT2D eigenvalue weighted by Crippen LogP contribution is 2.37. The van der Waals surface area contributed by atoms with Gasteiger partial charge in [-0.1, -0.05) is 30.7 Å². The molecule has 2 aromatic carbocycles. The fourth-order valence-electron chi connectivity index (χ4n) is 4.03. The summed E-state index contributed by atoms with van der Waals surface area (Å²) >= 11 is 5.84. The molecule has 0 atom stereocenters. The Balaban J connectivity index is 1.98. The Labute approximate surface area is 190 Å². The number of rotatable bonds is 3. The molecule has 33 heavy (non-hydrogen) atoms. The first-order chi connectivity index (χ1) is 15.7. The molecule has 0 aliphatic heterocycles. The molecule has 10 heteroatoms. The Bertz CT molecular complexity index is 1620. The number of hydrogen-bond donors (Lipinski definition) is 0. The van der Waals surface area contributed by atoms with Crippen molar-refractivity contribution in [1.29, 1.82) is 0 Å². The summed E-state index contributed by atoms with van der Waals surface area (Å²) in [6, 6.07) is 10.7. The van der Waals surface area contributed by atoms with Gasteiger partial charge in [0.05, 0.1) is 21.6 Å². The van der Waals surface area contributed by atoms with E-state index in [2.05, 4.69) is 15.0 Å². The van der Waals surface area contributed by atoms with Crippen LogP contribution in [-0.2, 0) is 12.7 Å². The summed E-state index contributed by atoms with van der Waals surface area (Å²) in [6.45, 7) is 4.10. The Kier molecular flexibility index (Phi) is 4.89. The van der Waals surface area contributed by atoms with Crippen molar-refractivity contribution in [3.8, 4) is 5.69 Å². The van der Waals surface area contributed by atoms with Crippen LogP contribution in [0.3, 0.4) is 0 Å². The Morgan fingerprint density at radius 2 is 1.70 bits per heavy atom. The number of nitrogens with zero attached hydrogens (tertiary/aromatic N) is 5. The summed E-state index contributed by atoms with van der Waals surface area (Å²) in [6.07, 6.45) is -3.94. The van der Waals surface area contributed by atoms with Gasteiger partial charge in [-0.15, -0.1) is 0 Å². The van der Waals surface area contributed by atoms with Crippen LogP contribution < -0.4 is 5.56 Å². The van der Waals surface area contributed by atoms with Crippen molar-refractivity contribution in [3.63, 3.8) is 0 Å². The summed E-state index contributed by atoms with van der Waals surface area (Å²) in [4.78, 5) is 27.4. The standard InChI is InChI=1S/C23H17ClF3N5O/c1-3-10-31-12(2)28-20-18(22(31)33)19-21(30-17-7-5-4-6-16(17)29-19)32(20)13-8-9-15(24)14(11-13)23(25,26)27/h4-9,11H,3,10H2,1-2H3. The number of para-hydroxylation sites is 2. The van der Waals surface area contributed by atoms with Crippen molar-refractivity contribution in [1.82, 2.24) is 24.1 Å². The fraction of sp³-hybridized carbons (Fsp3) is 0.217. The number of benzene rings is 2. The lowest BCUT2D eigenvalue weighted by molar-refractivity contribution is -0.137. The predicted octanol–water partition coefficient (Wildman–Crippen LogP) is 5.67. The topological polar surface area (TPSA) is 65.6 Å².